The van der Waals surface area contributed by atoms with Gasteiger partial charge in [-0.05, 0) is 35.4 Å². The number of amides is 1. The van der Waals surface area contributed by atoms with Crippen LogP contribution in [0.3, 0.4) is 0 Å². The van der Waals surface area contributed by atoms with Gasteiger partial charge in [-0.2, -0.15) is 0 Å². The van der Waals surface area contributed by atoms with Crippen molar-refractivity contribution >= 4 is 55.5 Å². The SMILES string of the molecule is CC(=O)Nc1ccc(-c2cccc3oc4ccccc4c23)c2c1oc1ccccc12. The molecule has 4 nitrogen and oxygen atoms in total. The Kier molecular flexibility index (Phi) is 3.50. The quantitative estimate of drug-likeness (QED) is 0.342. The second-order valence-electron chi connectivity index (χ2n) is 7.42. The predicted molar refractivity (Wildman–Crippen MR) is 121 cm³/mol. The lowest BCUT2D eigenvalue weighted by Gasteiger charge is -2.09. The van der Waals surface area contributed by atoms with Gasteiger partial charge < -0.3 is 14.2 Å². The average molecular weight is 391 g/mol. The Morgan fingerprint density at radius 1 is 0.667 bits per heavy atom. The lowest BCUT2D eigenvalue weighted by molar-refractivity contribution is -0.114. The van der Waals surface area contributed by atoms with Crippen LogP contribution < -0.4 is 5.32 Å². The van der Waals surface area contributed by atoms with Gasteiger partial charge in [-0.1, -0.05) is 54.6 Å². The van der Waals surface area contributed by atoms with E-state index in [2.05, 4.69) is 23.5 Å². The van der Waals surface area contributed by atoms with Gasteiger partial charge in [0.25, 0.3) is 0 Å². The van der Waals surface area contributed by atoms with Crippen molar-refractivity contribution in [3.63, 3.8) is 0 Å². The van der Waals surface area contributed by atoms with Gasteiger partial charge in [-0.15, -0.1) is 0 Å². The van der Waals surface area contributed by atoms with Crippen molar-refractivity contribution in [1.82, 2.24) is 0 Å². The summed E-state index contributed by atoms with van der Waals surface area (Å²) in [6.45, 7) is 1.50. The Morgan fingerprint density at radius 3 is 2.07 bits per heavy atom. The molecular formula is C26H17NO3. The topological polar surface area (TPSA) is 55.4 Å². The molecule has 6 rings (SSSR count). The molecule has 0 unspecified atom stereocenters. The van der Waals surface area contributed by atoms with Crippen molar-refractivity contribution in [2.24, 2.45) is 0 Å². The van der Waals surface area contributed by atoms with E-state index in [1.807, 2.05) is 60.7 Å². The number of furan rings is 2. The lowest BCUT2D eigenvalue weighted by atomic mass is 9.95. The molecule has 6 aromatic rings. The van der Waals surface area contributed by atoms with E-state index in [9.17, 15) is 4.79 Å². The van der Waals surface area contributed by atoms with Gasteiger partial charge in [0.15, 0.2) is 5.58 Å². The number of carbonyl (C=O) groups is 1. The zero-order valence-electron chi connectivity index (χ0n) is 16.2. The molecule has 0 atom stereocenters. The lowest BCUT2D eigenvalue weighted by Crippen LogP contribution is -2.05. The maximum absolute atomic E-state index is 11.7. The van der Waals surface area contributed by atoms with Crippen molar-refractivity contribution in [2.75, 3.05) is 5.32 Å². The summed E-state index contributed by atoms with van der Waals surface area (Å²) in [6.07, 6.45) is 0. The molecule has 0 bridgehead atoms. The summed E-state index contributed by atoms with van der Waals surface area (Å²) in [5, 5.41) is 7.05. The molecule has 1 N–H and O–H groups in total. The number of anilines is 1. The second kappa shape index (κ2) is 6.22. The average Bonchev–Trinajstić information content (AvgIpc) is 3.33. The smallest absolute Gasteiger partial charge is 0.221 e. The van der Waals surface area contributed by atoms with Crippen LogP contribution in [0.1, 0.15) is 6.92 Å². The van der Waals surface area contributed by atoms with Gasteiger partial charge in [-0.25, -0.2) is 0 Å². The van der Waals surface area contributed by atoms with Crippen molar-refractivity contribution in [3.8, 4) is 11.1 Å². The Hall–Kier alpha value is -4.05. The van der Waals surface area contributed by atoms with Crippen LogP contribution in [-0.2, 0) is 4.79 Å². The molecular weight excluding hydrogens is 374 g/mol. The summed E-state index contributed by atoms with van der Waals surface area (Å²) >= 11 is 0. The highest BCUT2D eigenvalue weighted by Crippen LogP contribution is 2.44. The summed E-state index contributed by atoms with van der Waals surface area (Å²) in [7, 11) is 0. The van der Waals surface area contributed by atoms with Crippen LogP contribution in [0, 0.1) is 0 Å². The molecule has 0 aliphatic heterocycles. The van der Waals surface area contributed by atoms with Gasteiger partial charge in [0, 0.05) is 28.5 Å². The minimum atomic E-state index is -0.132. The first-order valence-electron chi connectivity index (χ1n) is 9.83. The summed E-state index contributed by atoms with van der Waals surface area (Å²) in [5.74, 6) is -0.132. The Bertz CT molecular complexity index is 1600. The monoisotopic (exact) mass is 391 g/mol. The first kappa shape index (κ1) is 16.9. The van der Waals surface area contributed by atoms with Crippen LogP contribution in [0.4, 0.5) is 5.69 Å². The number of hydrogen-bond acceptors (Lipinski definition) is 3. The van der Waals surface area contributed by atoms with Crippen molar-refractivity contribution in [3.05, 3.63) is 78.9 Å². The molecule has 0 saturated carbocycles. The van der Waals surface area contributed by atoms with Gasteiger partial charge in [0.05, 0.1) is 5.69 Å². The van der Waals surface area contributed by atoms with Crippen LogP contribution in [0.15, 0.2) is 87.7 Å². The first-order valence-corrected chi connectivity index (χ1v) is 9.83. The van der Waals surface area contributed by atoms with Gasteiger partial charge in [-0.3, -0.25) is 4.79 Å². The van der Waals surface area contributed by atoms with E-state index in [0.29, 0.717) is 11.3 Å². The number of hydrogen-bond donors (Lipinski definition) is 1. The molecule has 0 fully saturated rings. The minimum Gasteiger partial charge on any atom is -0.456 e. The fraction of sp³-hybridized carbons (Fsp3) is 0.0385. The molecule has 0 aliphatic rings. The Morgan fingerprint density at radius 2 is 1.30 bits per heavy atom. The number of para-hydroxylation sites is 2. The number of nitrogens with one attached hydrogen (secondary N) is 1. The standard InChI is InChI=1S/C26H17NO3/c1-15(28)27-20-14-13-17(25-19-8-3-5-11-22(19)30-26(20)25)16-9-6-12-23-24(16)18-7-2-4-10-21(18)29-23/h2-14H,1H3,(H,27,28). The van der Waals surface area contributed by atoms with Crippen LogP contribution in [0.2, 0.25) is 0 Å². The molecule has 144 valence electrons. The molecule has 2 heterocycles. The van der Waals surface area contributed by atoms with E-state index in [4.69, 9.17) is 8.83 Å². The summed E-state index contributed by atoms with van der Waals surface area (Å²) < 4.78 is 12.3. The van der Waals surface area contributed by atoms with E-state index in [0.717, 1.165) is 49.4 Å². The normalized spacial score (nSPS) is 11.6. The van der Waals surface area contributed by atoms with Crippen molar-refractivity contribution < 1.29 is 13.6 Å². The Balaban J connectivity index is 1.77. The van der Waals surface area contributed by atoms with Crippen LogP contribution in [0.25, 0.3) is 55.0 Å². The van der Waals surface area contributed by atoms with Gasteiger partial charge in [0.1, 0.15) is 16.7 Å². The Labute approximate surface area is 171 Å². The van der Waals surface area contributed by atoms with E-state index < -0.39 is 0 Å². The number of benzene rings is 4. The summed E-state index contributed by atoms with van der Waals surface area (Å²) in [5.41, 5.74) is 5.96. The maximum atomic E-state index is 11.7. The zero-order valence-corrected chi connectivity index (χ0v) is 16.2. The largest absolute Gasteiger partial charge is 0.456 e. The molecule has 4 heteroatoms. The highest BCUT2D eigenvalue weighted by Gasteiger charge is 2.19. The molecule has 0 spiro atoms. The van der Waals surface area contributed by atoms with Crippen LogP contribution in [-0.4, -0.2) is 5.91 Å². The maximum Gasteiger partial charge on any atom is 0.221 e. The second-order valence-corrected chi connectivity index (χ2v) is 7.42. The molecule has 4 aromatic carbocycles. The van der Waals surface area contributed by atoms with Crippen molar-refractivity contribution in [1.29, 1.82) is 0 Å². The summed E-state index contributed by atoms with van der Waals surface area (Å²) in [6, 6.07) is 26.1. The van der Waals surface area contributed by atoms with Gasteiger partial charge in [0.2, 0.25) is 5.91 Å². The van der Waals surface area contributed by atoms with E-state index in [1.54, 1.807) is 0 Å². The number of rotatable bonds is 2. The minimum absolute atomic E-state index is 0.132. The van der Waals surface area contributed by atoms with E-state index in [1.165, 1.54) is 6.92 Å². The molecule has 30 heavy (non-hydrogen) atoms. The molecule has 2 aromatic heterocycles. The van der Waals surface area contributed by atoms with Crippen LogP contribution >= 0.6 is 0 Å². The number of carbonyl (C=O) groups excluding carboxylic acids is 1. The van der Waals surface area contributed by atoms with Crippen LogP contribution in [0.5, 0.6) is 0 Å². The number of fused-ring (bicyclic) bond motifs is 6. The predicted octanol–water partition coefficient (Wildman–Crippen LogP) is 7.11. The highest BCUT2D eigenvalue weighted by atomic mass is 16.3. The van der Waals surface area contributed by atoms with E-state index >= 15 is 0 Å². The molecule has 0 aliphatic carbocycles. The summed E-state index contributed by atoms with van der Waals surface area (Å²) in [4.78, 5) is 11.7. The van der Waals surface area contributed by atoms with Gasteiger partial charge >= 0.3 is 0 Å². The molecule has 1 amide bonds. The first-order chi connectivity index (χ1) is 14.7. The van der Waals surface area contributed by atoms with Crippen molar-refractivity contribution in [2.45, 2.75) is 6.92 Å². The third-order valence-corrected chi connectivity index (χ3v) is 5.53. The highest BCUT2D eigenvalue weighted by molar-refractivity contribution is 6.21. The zero-order chi connectivity index (χ0) is 20.2. The molecule has 0 saturated heterocycles. The fourth-order valence-electron chi connectivity index (χ4n) is 4.34. The molecule has 0 radical (unpaired) electrons. The fourth-order valence-corrected chi connectivity index (χ4v) is 4.34. The third kappa shape index (κ3) is 2.37. The third-order valence-electron chi connectivity index (χ3n) is 5.53. The van der Waals surface area contributed by atoms with E-state index in [-0.39, 0.29) is 5.91 Å².